The Morgan fingerprint density at radius 3 is 2.72 bits per heavy atom. The van der Waals surface area contributed by atoms with Gasteiger partial charge in [0.1, 0.15) is 5.82 Å². The molecule has 0 bridgehead atoms. The molecule has 3 nitrogen and oxygen atoms in total. The van der Waals surface area contributed by atoms with E-state index in [1.54, 1.807) is 12.3 Å². The van der Waals surface area contributed by atoms with Gasteiger partial charge in [-0.3, -0.25) is 9.88 Å². The summed E-state index contributed by atoms with van der Waals surface area (Å²) >= 11 is 3.48. The van der Waals surface area contributed by atoms with E-state index in [0.717, 1.165) is 50.2 Å². The lowest BCUT2D eigenvalue weighted by molar-refractivity contribution is 0.258. The summed E-state index contributed by atoms with van der Waals surface area (Å²) in [5.41, 5.74) is 0.962. The number of hydrogen-bond donors (Lipinski definition) is 0. The summed E-state index contributed by atoms with van der Waals surface area (Å²) < 4.78 is 13.1. The molecule has 0 radical (unpaired) electrons. The quantitative estimate of drug-likeness (QED) is 0.793. The minimum atomic E-state index is -0.247. The molecule has 2 heterocycles. The van der Waals surface area contributed by atoms with Crippen molar-refractivity contribution in [3.63, 3.8) is 0 Å². The molecule has 1 aromatic rings. The summed E-state index contributed by atoms with van der Waals surface area (Å²) in [4.78, 5) is 8.75. The zero-order valence-corrected chi connectivity index (χ0v) is 12.1. The van der Waals surface area contributed by atoms with E-state index in [4.69, 9.17) is 0 Å². The first kappa shape index (κ1) is 13.9. The molecule has 0 aliphatic carbocycles. The van der Waals surface area contributed by atoms with Gasteiger partial charge in [-0.2, -0.15) is 0 Å². The molecule has 100 valence electrons. The van der Waals surface area contributed by atoms with E-state index in [1.165, 1.54) is 12.6 Å². The van der Waals surface area contributed by atoms with Crippen molar-refractivity contribution >= 4 is 15.9 Å². The molecule has 0 aromatic carbocycles. The van der Waals surface area contributed by atoms with Gasteiger partial charge in [-0.05, 0) is 31.1 Å². The highest BCUT2D eigenvalue weighted by Crippen LogP contribution is 2.09. The van der Waals surface area contributed by atoms with E-state index < -0.39 is 0 Å². The standard InChI is InChI=1S/C13H19BrFN3/c14-2-5-17-3-1-4-18(7-6-17)11-12-8-13(15)10-16-9-12/h8-10H,1-7,11H2. The van der Waals surface area contributed by atoms with Crippen molar-refractivity contribution < 1.29 is 4.39 Å². The maximum absolute atomic E-state index is 13.1. The van der Waals surface area contributed by atoms with Crippen LogP contribution in [0.25, 0.3) is 0 Å². The van der Waals surface area contributed by atoms with Crippen molar-refractivity contribution in [2.45, 2.75) is 13.0 Å². The van der Waals surface area contributed by atoms with Crippen LogP contribution in [0.3, 0.4) is 0 Å². The molecule has 0 saturated carbocycles. The van der Waals surface area contributed by atoms with Crippen molar-refractivity contribution in [2.24, 2.45) is 0 Å². The third kappa shape index (κ3) is 4.30. The largest absolute Gasteiger partial charge is 0.301 e. The Kier molecular flexibility index (Phi) is 5.53. The second-order valence-electron chi connectivity index (χ2n) is 4.67. The van der Waals surface area contributed by atoms with E-state index >= 15 is 0 Å². The lowest BCUT2D eigenvalue weighted by atomic mass is 10.2. The average Bonchev–Trinajstić information content (AvgIpc) is 2.56. The van der Waals surface area contributed by atoms with Crippen molar-refractivity contribution in [1.29, 1.82) is 0 Å². The van der Waals surface area contributed by atoms with Crippen LogP contribution in [0, 0.1) is 5.82 Å². The number of alkyl halides is 1. The molecular formula is C13H19BrFN3. The van der Waals surface area contributed by atoms with E-state index in [9.17, 15) is 4.39 Å². The zero-order valence-electron chi connectivity index (χ0n) is 10.5. The first-order chi connectivity index (χ1) is 8.78. The van der Waals surface area contributed by atoms with E-state index in [0.29, 0.717) is 0 Å². The average molecular weight is 316 g/mol. The number of aromatic nitrogens is 1. The minimum Gasteiger partial charge on any atom is -0.301 e. The van der Waals surface area contributed by atoms with Gasteiger partial charge in [0.25, 0.3) is 0 Å². The fourth-order valence-electron chi connectivity index (χ4n) is 2.33. The maximum Gasteiger partial charge on any atom is 0.141 e. The van der Waals surface area contributed by atoms with Crippen LogP contribution in [0.15, 0.2) is 18.5 Å². The normalized spacial score (nSPS) is 18.8. The van der Waals surface area contributed by atoms with E-state index in [1.807, 2.05) is 0 Å². The third-order valence-electron chi connectivity index (χ3n) is 3.25. The molecule has 1 aliphatic heterocycles. The van der Waals surface area contributed by atoms with Gasteiger partial charge in [-0.15, -0.1) is 0 Å². The van der Waals surface area contributed by atoms with Crippen LogP contribution in [0.1, 0.15) is 12.0 Å². The molecule has 5 heteroatoms. The summed E-state index contributed by atoms with van der Waals surface area (Å²) in [5, 5.41) is 1.03. The number of rotatable bonds is 4. The van der Waals surface area contributed by atoms with Crippen LogP contribution in [-0.2, 0) is 6.54 Å². The first-order valence-electron chi connectivity index (χ1n) is 6.38. The summed E-state index contributed by atoms with van der Waals surface area (Å²) in [6.07, 6.45) is 4.18. The molecule has 0 amide bonds. The number of hydrogen-bond acceptors (Lipinski definition) is 3. The summed E-state index contributed by atoms with van der Waals surface area (Å²) in [6, 6.07) is 1.58. The predicted octanol–water partition coefficient (Wildman–Crippen LogP) is 2.12. The molecule has 0 N–H and O–H groups in total. The molecule has 1 aliphatic rings. The monoisotopic (exact) mass is 315 g/mol. The number of pyridine rings is 1. The molecule has 0 atom stereocenters. The fourth-order valence-corrected chi connectivity index (χ4v) is 2.83. The van der Waals surface area contributed by atoms with Gasteiger partial charge in [0, 0.05) is 37.7 Å². The van der Waals surface area contributed by atoms with Crippen molar-refractivity contribution in [3.05, 3.63) is 29.8 Å². The Bertz CT molecular complexity index is 375. The minimum absolute atomic E-state index is 0.247. The van der Waals surface area contributed by atoms with Crippen LogP contribution < -0.4 is 0 Å². The number of nitrogens with zero attached hydrogens (tertiary/aromatic N) is 3. The Morgan fingerprint density at radius 1 is 1.17 bits per heavy atom. The zero-order chi connectivity index (χ0) is 12.8. The van der Waals surface area contributed by atoms with Crippen LogP contribution in [0.2, 0.25) is 0 Å². The molecular weight excluding hydrogens is 297 g/mol. The van der Waals surface area contributed by atoms with E-state index in [-0.39, 0.29) is 5.82 Å². The molecule has 1 aromatic heterocycles. The van der Waals surface area contributed by atoms with Crippen LogP contribution >= 0.6 is 15.9 Å². The SMILES string of the molecule is Fc1cncc(CN2CCCN(CCBr)CC2)c1. The Labute approximate surface area is 116 Å². The lowest BCUT2D eigenvalue weighted by Gasteiger charge is -2.21. The summed E-state index contributed by atoms with van der Waals surface area (Å²) in [6.45, 7) is 6.28. The highest BCUT2D eigenvalue weighted by molar-refractivity contribution is 9.09. The van der Waals surface area contributed by atoms with E-state index in [2.05, 4.69) is 30.7 Å². The van der Waals surface area contributed by atoms with Crippen LogP contribution in [0.5, 0.6) is 0 Å². The molecule has 1 saturated heterocycles. The van der Waals surface area contributed by atoms with Crippen LogP contribution in [-0.4, -0.2) is 52.8 Å². The van der Waals surface area contributed by atoms with Crippen molar-refractivity contribution in [2.75, 3.05) is 38.1 Å². The second kappa shape index (κ2) is 7.16. The van der Waals surface area contributed by atoms with Gasteiger partial charge < -0.3 is 4.90 Å². The summed E-state index contributed by atoms with van der Waals surface area (Å²) in [7, 11) is 0. The van der Waals surface area contributed by atoms with Gasteiger partial charge in [0.05, 0.1) is 6.20 Å². The predicted molar refractivity (Wildman–Crippen MR) is 74.3 cm³/mol. The smallest absolute Gasteiger partial charge is 0.141 e. The highest BCUT2D eigenvalue weighted by Gasteiger charge is 2.14. The van der Waals surface area contributed by atoms with Gasteiger partial charge in [-0.25, -0.2) is 4.39 Å². The highest BCUT2D eigenvalue weighted by atomic mass is 79.9. The Hall–Kier alpha value is -0.520. The maximum atomic E-state index is 13.1. The van der Waals surface area contributed by atoms with Crippen LogP contribution in [0.4, 0.5) is 4.39 Å². The topological polar surface area (TPSA) is 19.4 Å². The Balaban J connectivity index is 1.87. The molecule has 1 fully saturated rings. The third-order valence-corrected chi connectivity index (χ3v) is 3.60. The second-order valence-corrected chi connectivity index (χ2v) is 5.46. The van der Waals surface area contributed by atoms with Gasteiger partial charge in [0.2, 0.25) is 0 Å². The molecule has 18 heavy (non-hydrogen) atoms. The summed E-state index contributed by atoms with van der Waals surface area (Å²) in [5.74, 6) is -0.247. The first-order valence-corrected chi connectivity index (χ1v) is 7.50. The van der Waals surface area contributed by atoms with Crippen molar-refractivity contribution in [3.8, 4) is 0 Å². The van der Waals surface area contributed by atoms with Gasteiger partial charge >= 0.3 is 0 Å². The fraction of sp³-hybridized carbons (Fsp3) is 0.615. The van der Waals surface area contributed by atoms with Crippen molar-refractivity contribution in [1.82, 2.24) is 14.8 Å². The van der Waals surface area contributed by atoms with Gasteiger partial charge in [0.15, 0.2) is 0 Å². The molecule has 0 unspecified atom stereocenters. The molecule has 0 spiro atoms. The molecule has 2 rings (SSSR count). The Morgan fingerprint density at radius 2 is 1.94 bits per heavy atom. The lowest BCUT2D eigenvalue weighted by Crippen LogP contribution is -2.31. The van der Waals surface area contributed by atoms with Gasteiger partial charge in [-0.1, -0.05) is 15.9 Å². The number of halogens is 2.